The SMILES string of the molecule is Cc1ccc(CN2CC(c3ccc(C#N)cc3)C2)cc1-c1[nH]c(C(C)C)nc1Cl. The molecule has 0 saturated carbocycles. The number of nitriles is 1. The van der Waals surface area contributed by atoms with Crippen molar-refractivity contribution < 1.29 is 0 Å². The van der Waals surface area contributed by atoms with Gasteiger partial charge in [0.2, 0.25) is 0 Å². The van der Waals surface area contributed by atoms with Crippen LogP contribution in [0.4, 0.5) is 0 Å². The minimum atomic E-state index is 0.310. The van der Waals surface area contributed by atoms with E-state index in [1.54, 1.807) is 0 Å². The summed E-state index contributed by atoms with van der Waals surface area (Å²) in [6, 6.07) is 16.7. The first kappa shape index (κ1) is 19.7. The van der Waals surface area contributed by atoms with Gasteiger partial charge in [0.05, 0.1) is 17.3 Å². The molecule has 0 bridgehead atoms. The lowest BCUT2D eigenvalue weighted by molar-refractivity contribution is 0.139. The van der Waals surface area contributed by atoms with Crippen LogP contribution in [-0.2, 0) is 6.54 Å². The van der Waals surface area contributed by atoms with Crippen LogP contribution in [0.2, 0.25) is 5.15 Å². The summed E-state index contributed by atoms with van der Waals surface area (Å²) in [5.41, 5.74) is 6.53. The van der Waals surface area contributed by atoms with Crippen LogP contribution in [0.3, 0.4) is 0 Å². The molecule has 3 aromatic rings. The van der Waals surface area contributed by atoms with Gasteiger partial charge in [0, 0.05) is 37.0 Å². The minimum absolute atomic E-state index is 0.310. The molecule has 0 aliphatic carbocycles. The highest BCUT2D eigenvalue weighted by atomic mass is 35.5. The zero-order chi connectivity index (χ0) is 20.5. The number of aromatic nitrogens is 2. The van der Waals surface area contributed by atoms with Crippen molar-refractivity contribution in [2.24, 2.45) is 0 Å². The fourth-order valence-electron chi connectivity index (χ4n) is 3.86. The van der Waals surface area contributed by atoms with Gasteiger partial charge in [0.15, 0.2) is 5.15 Å². The van der Waals surface area contributed by atoms with E-state index in [2.05, 4.69) is 72.0 Å². The molecule has 1 aliphatic heterocycles. The van der Waals surface area contributed by atoms with Crippen LogP contribution in [-0.4, -0.2) is 28.0 Å². The van der Waals surface area contributed by atoms with Gasteiger partial charge in [-0.05, 0) is 41.8 Å². The van der Waals surface area contributed by atoms with Crippen LogP contribution < -0.4 is 0 Å². The molecule has 4 nitrogen and oxygen atoms in total. The van der Waals surface area contributed by atoms with Gasteiger partial charge in [0.1, 0.15) is 5.82 Å². The van der Waals surface area contributed by atoms with Gasteiger partial charge >= 0.3 is 0 Å². The second kappa shape index (κ2) is 8.02. The summed E-state index contributed by atoms with van der Waals surface area (Å²) < 4.78 is 0. The second-order valence-electron chi connectivity index (χ2n) is 8.22. The highest BCUT2D eigenvalue weighted by molar-refractivity contribution is 6.32. The predicted molar refractivity (Wildman–Crippen MR) is 117 cm³/mol. The normalized spacial score (nSPS) is 14.8. The van der Waals surface area contributed by atoms with Gasteiger partial charge in [-0.1, -0.05) is 49.7 Å². The third kappa shape index (κ3) is 4.07. The van der Waals surface area contributed by atoms with Gasteiger partial charge in [0.25, 0.3) is 0 Å². The average molecular weight is 405 g/mol. The van der Waals surface area contributed by atoms with Gasteiger partial charge in [-0.3, -0.25) is 4.90 Å². The van der Waals surface area contributed by atoms with E-state index in [4.69, 9.17) is 16.9 Å². The van der Waals surface area contributed by atoms with Crippen molar-refractivity contribution in [3.8, 4) is 17.3 Å². The molecule has 1 saturated heterocycles. The van der Waals surface area contributed by atoms with E-state index in [1.807, 2.05) is 12.1 Å². The van der Waals surface area contributed by atoms with Crippen LogP contribution in [0.15, 0.2) is 42.5 Å². The lowest BCUT2D eigenvalue weighted by Gasteiger charge is -2.39. The van der Waals surface area contributed by atoms with Crippen molar-refractivity contribution in [3.05, 3.63) is 75.7 Å². The Morgan fingerprint density at radius 1 is 1.21 bits per heavy atom. The van der Waals surface area contributed by atoms with Crippen molar-refractivity contribution in [2.75, 3.05) is 13.1 Å². The van der Waals surface area contributed by atoms with Gasteiger partial charge in [-0.2, -0.15) is 5.26 Å². The molecule has 148 valence electrons. The van der Waals surface area contributed by atoms with Crippen molar-refractivity contribution in [3.63, 3.8) is 0 Å². The summed E-state index contributed by atoms with van der Waals surface area (Å²) in [4.78, 5) is 10.3. The number of hydrogen-bond donors (Lipinski definition) is 1. The Kier molecular flexibility index (Phi) is 5.45. The number of halogens is 1. The zero-order valence-corrected chi connectivity index (χ0v) is 17.8. The molecule has 0 unspecified atom stereocenters. The third-order valence-corrected chi connectivity index (χ3v) is 5.94. The van der Waals surface area contributed by atoms with Crippen LogP contribution in [0.25, 0.3) is 11.3 Å². The summed E-state index contributed by atoms with van der Waals surface area (Å²) in [5, 5.41) is 9.48. The minimum Gasteiger partial charge on any atom is -0.340 e. The molecule has 2 aromatic carbocycles. The van der Waals surface area contributed by atoms with Crippen LogP contribution >= 0.6 is 11.6 Å². The molecule has 5 heteroatoms. The highest BCUT2D eigenvalue weighted by Crippen LogP contribution is 2.33. The number of nitrogens with one attached hydrogen (secondary N) is 1. The Bertz CT molecular complexity index is 1050. The molecule has 4 rings (SSSR count). The van der Waals surface area contributed by atoms with Gasteiger partial charge < -0.3 is 4.98 Å². The molecule has 29 heavy (non-hydrogen) atoms. The van der Waals surface area contributed by atoms with Crippen molar-refractivity contribution in [1.82, 2.24) is 14.9 Å². The maximum atomic E-state index is 8.94. The van der Waals surface area contributed by atoms with E-state index in [0.717, 1.165) is 42.3 Å². The Balaban J connectivity index is 1.46. The van der Waals surface area contributed by atoms with Crippen molar-refractivity contribution in [2.45, 2.75) is 39.2 Å². The van der Waals surface area contributed by atoms with E-state index >= 15 is 0 Å². The quantitative estimate of drug-likeness (QED) is 0.599. The fourth-order valence-corrected chi connectivity index (χ4v) is 4.10. The summed E-state index contributed by atoms with van der Waals surface area (Å²) in [6.07, 6.45) is 0. The van der Waals surface area contributed by atoms with E-state index in [-0.39, 0.29) is 0 Å². The van der Waals surface area contributed by atoms with Crippen LogP contribution in [0, 0.1) is 18.3 Å². The summed E-state index contributed by atoms with van der Waals surface area (Å²) in [5.74, 6) is 1.77. The number of nitrogens with zero attached hydrogens (tertiary/aromatic N) is 3. The number of benzene rings is 2. The Morgan fingerprint density at radius 2 is 1.93 bits per heavy atom. The first-order chi connectivity index (χ1) is 13.9. The number of rotatable bonds is 5. The summed E-state index contributed by atoms with van der Waals surface area (Å²) >= 11 is 6.43. The second-order valence-corrected chi connectivity index (χ2v) is 8.57. The Labute approximate surface area is 177 Å². The molecular weight excluding hydrogens is 380 g/mol. The van der Waals surface area contributed by atoms with Crippen molar-refractivity contribution in [1.29, 1.82) is 5.26 Å². The zero-order valence-electron chi connectivity index (χ0n) is 17.0. The smallest absolute Gasteiger partial charge is 0.155 e. The maximum Gasteiger partial charge on any atom is 0.155 e. The van der Waals surface area contributed by atoms with Gasteiger partial charge in [-0.25, -0.2) is 4.98 Å². The monoisotopic (exact) mass is 404 g/mol. The van der Waals surface area contributed by atoms with Crippen molar-refractivity contribution >= 4 is 11.6 Å². The van der Waals surface area contributed by atoms with Crippen LogP contribution in [0.5, 0.6) is 0 Å². The number of hydrogen-bond acceptors (Lipinski definition) is 3. The van der Waals surface area contributed by atoms with E-state index in [0.29, 0.717) is 17.0 Å². The lowest BCUT2D eigenvalue weighted by Crippen LogP contribution is -2.44. The molecule has 0 atom stereocenters. The molecule has 1 aromatic heterocycles. The van der Waals surface area contributed by atoms with Gasteiger partial charge in [-0.15, -0.1) is 0 Å². The standard InChI is InChI=1S/C24H25ClN4/c1-15(2)24-27-22(23(25)28-24)21-10-18(5-4-16(21)3)12-29-13-20(14-29)19-8-6-17(11-26)7-9-19/h4-10,15,20H,12-14H2,1-3H3,(H,27,28). The Hall–Kier alpha value is -2.61. The molecule has 0 amide bonds. The molecule has 1 fully saturated rings. The van der Waals surface area contributed by atoms with Crippen LogP contribution in [0.1, 0.15) is 53.8 Å². The highest BCUT2D eigenvalue weighted by Gasteiger charge is 2.28. The first-order valence-corrected chi connectivity index (χ1v) is 10.4. The molecule has 1 N–H and O–H groups in total. The Morgan fingerprint density at radius 3 is 2.55 bits per heavy atom. The molecule has 0 spiro atoms. The van der Waals surface area contributed by atoms with E-state index in [9.17, 15) is 0 Å². The molecule has 0 radical (unpaired) electrons. The predicted octanol–water partition coefficient (Wildman–Crippen LogP) is 5.63. The lowest BCUT2D eigenvalue weighted by atomic mass is 9.90. The molecule has 2 heterocycles. The summed E-state index contributed by atoms with van der Waals surface area (Å²) in [7, 11) is 0. The first-order valence-electron chi connectivity index (χ1n) is 10.0. The number of aromatic amines is 1. The van der Waals surface area contributed by atoms with E-state index < -0.39 is 0 Å². The topological polar surface area (TPSA) is 55.7 Å². The molecular formula is C24H25ClN4. The van der Waals surface area contributed by atoms with E-state index in [1.165, 1.54) is 16.7 Å². The fraction of sp³-hybridized carbons (Fsp3) is 0.333. The third-order valence-electron chi connectivity index (χ3n) is 5.67. The number of aryl methyl sites for hydroxylation is 1. The molecule has 1 aliphatic rings. The summed E-state index contributed by atoms with van der Waals surface area (Å²) in [6.45, 7) is 9.32. The number of imidazole rings is 1. The largest absolute Gasteiger partial charge is 0.340 e. The average Bonchev–Trinajstić information content (AvgIpc) is 3.07. The number of likely N-dealkylation sites (tertiary alicyclic amines) is 1. The maximum absolute atomic E-state index is 8.94. The number of H-pyrrole nitrogens is 1.